The number of amides is 1. The summed E-state index contributed by atoms with van der Waals surface area (Å²) < 4.78 is 53.6. The molecule has 1 atom stereocenters. The van der Waals surface area contributed by atoms with Gasteiger partial charge in [-0.1, -0.05) is 27.2 Å². The van der Waals surface area contributed by atoms with E-state index in [-0.39, 0.29) is 23.8 Å². The highest BCUT2D eigenvalue weighted by Crippen LogP contribution is 2.33. The van der Waals surface area contributed by atoms with Crippen LogP contribution in [0.4, 0.5) is 17.6 Å². The molecule has 7 heteroatoms. The number of thioether (sulfide) groups is 1. The Bertz CT molecular complexity index is 551. The molecule has 0 aliphatic heterocycles. The first kappa shape index (κ1) is 19.8. The molecule has 23 heavy (non-hydrogen) atoms. The fourth-order valence-corrected chi connectivity index (χ4v) is 3.01. The summed E-state index contributed by atoms with van der Waals surface area (Å²) in [5.74, 6) is -6.08. The molecule has 1 amide bonds. The van der Waals surface area contributed by atoms with Gasteiger partial charge < -0.3 is 5.32 Å². The van der Waals surface area contributed by atoms with Gasteiger partial charge in [0.1, 0.15) is 0 Å². The summed E-state index contributed by atoms with van der Waals surface area (Å²) in [5, 5.41) is 2.82. The number of rotatable bonds is 7. The van der Waals surface area contributed by atoms with Crippen LogP contribution in [0.3, 0.4) is 0 Å². The van der Waals surface area contributed by atoms with E-state index in [9.17, 15) is 22.4 Å². The van der Waals surface area contributed by atoms with Crippen molar-refractivity contribution in [2.75, 3.05) is 5.75 Å². The molecule has 1 rings (SSSR count). The number of benzene rings is 1. The topological polar surface area (TPSA) is 29.1 Å². The van der Waals surface area contributed by atoms with Crippen molar-refractivity contribution in [1.29, 1.82) is 0 Å². The molecule has 0 saturated heterocycles. The van der Waals surface area contributed by atoms with E-state index in [0.717, 1.165) is 12.8 Å². The standard InChI is InChI=1S/C16H21F4NOS/c1-5-6-9(2)21-15(22)16(3,4)8-23-14-12(19)10(17)7-11(18)13(14)20/h7,9H,5-6,8H2,1-4H3,(H,21,22). The molecule has 0 aliphatic rings. The molecular formula is C16H21F4NOS. The van der Waals surface area contributed by atoms with Crippen LogP contribution in [0.5, 0.6) is 0 Å². The van der Waals surface area contributed by atoms with Gasteiger partial charge in [-0.25, -0.2) is 17.6 Å². The van der Waals surface area contributed by atoms with Gasteiger partial charge in [-0.15, -0.1) is 11.8 Å². The van der Waals surface area contributed by atoms with Crippen molar-refractivity contribution in [3.8, 4) is 0 Å². The normalized spacial score (nSPS) is 13.0. The van der Waals surface area contributed by atoms with Crippen LogP contribution in [-0.2, 0) is 4.79 Å². The van der Waals surface area contributed by atoms with Gasteiger partial charge in [0.25, 0.3) is 0 Å². The Kier molecular flexibility index (Phi) is 6.92. The number of halogens is 4. The lowest BCUT2D eigenvalue weighted by Crippen LogP contribution is -2.43. The van der Waals surface area contributed by atoms with Crippen molar-refractivity contribution in [3.05, 3.63) is 29.3 Å². The molecule has 0 saturated carbocycles. The van der Waals surface area contributed by atoms with Gasteiger partial charge in [0.05, 0.1) is 10.3 Å². The van der Waals surface area contributed by atoms with Crippen molar-refractivity contribution in [1.82, 2.24) is 5.32 Å². The third-order valence-corrected chi connectivity index (χ3v) is 4.88. The fourth-order valence-electron chi connectivity index (χ4n) is 1.92. The molecular weight excluding hydrogens is 330 g/mol. The molecule has 1 aromatic rings. The summed E-state index contributed by atoms with van der Waals surface area (Å²) in [7, 11) is 0. The summed E-state index contributed by atoms with van der Waals surface area (Å²) in [5.41, 5.74) is -0.950. The molecule has 0 heterocycles. The zero-order valence-corrected chi connectivity index (χ0v) is 14.4. The van der Waals surface area contributed by atoms with Crippen molar-refractivity contribution >= 4 is 17.7 Å². The minimum atomic E-state index is -1.45. The molecule has 1 N–H and O–H groups in total. The molecule has 0 radical (unpaired) electrons. The number of hydrogen-bond acceptors (Lipinski definition) is 2. The minimum absolute atomic E-state index is 0.0168. The van der Waals surface area contributed by atoms with E-state index in [0.29, 0.717) is 11.8 Å². The van der Waals surface area contributed by atoms with Gasteiger partial charge in [-0.3, -0.25) is 4.79 Å². The van der Waals surface area contributed by atoms with Crippen molar-refractivity contribution in [2.24, 2.45) is 5.41 Å². The predicted molar refractivity (Wildman–Crippen MR) is 83.3 cm³/mol. The third-order valence-electron chi connectivity index (χ3n) is 3.36. The van der Waals surface area contributed by atoms with Gasteiger partial charge in [0, 0.05) is 17.9 Å². The third kappa shape index (κ3) is 5.12. The van der Waals surface area contributed by atoms with Crippen LogP contribution in [0.15, 0.2) is 11.0 Å². The summed E-state index contributed by atoms with van der Waals surface area (Å²) >= 11 is 0.587. The second-order valence-corrected chi connectivity index (χ2v) is 7.12. The average molecular weight is 351 g/mol. The van der Waals surface area contributed by atoms with Gasteiger partial charge >= 0.3 is 0 Å². The summed E-state index contributed by atoms with van der Waals surface area (Å²) in [6.07, 6.45) is 1.73. The van der Waals surface area contributed by atoms with Crippen LogP contribution in [-0.4, -0.2) is 17.7 Å². The van der Waals surface area contributed by atoms with E-state index in [1.807, 2.05) is 13.8 Å². The molecule has 2 nitrogen and oxygen atoms in total. The van der Waals surface area contributed by atoms with E-state index in [4.69, 9.17) is 0 Å². The Balaban J connectivity index is 2.82. The fraction of sp³-hybridized carbons (Fsp3) is 0.562. The first-order valence-electron chi connectivity index (χ1n) is 7.37. The highest BCUT2D eigenvalue weighted by molar-refractivity contribution is 7.99. The first-order chi connectivity index (χ1) is 10.6. The largest absolute Gasteiger partial charge is 0.353 e. The van der Waals surface area contributed by atoms with Gasteiger partial charge in [-0.2, -0.15) is 0 Å². The van der Waals surface area contributed by atoms with Crippen LogP contribution in [0.2, 0.25) is 0 Å². The van der Waals surface area contributed by atoms with Gasteiger partial charge in [0.15, 0.2) is 23.3 Å². The molecule has 0 aromatic heterocycles. The molecule has 0 fully saturated rings. The highest BCUT2D eigenvalue weighted by atomic mass is 32.2. The smallest absolute Gasteiger partial charge is 0.226 e. The van der Waals surface area contributed by atoms with Crippen LogP contribution >= 0.6 is 11.8 Å². The zero-order valence-electron chi connectivity index (χ0n) is 13.6. The predicted octanol–water partition coefficient (Wildman–Crippen LogP) is 4.67. The zero-order chi connectivity index (χ0) is 17.8. The number of carbonyl (C=O) groups excluding carboxylic acids is 1. The second kappa shape index (κ2) is 8.04. The first-order valence-corrected chi connectivity index (χ1v) is 8.35. The SMILES string of the molecule is CCCC(C)NC(=O)C(C)(C)CSc1c(F)c(F)cc(F)c1F. The highest BCUT2D eigenvalue weighted by Gasteiger charge is 2.30. The van der Waals surface area contributed by atoms with Crippen LogP contribution in [0.25, 0.3) is 0 Å². The summed E-state index contributed by atoms with van der Waals surface area (Å²) in [6.45, 7) is 7.08. The molecule has 0 bridgehead atoms. The Hall–Kier alpha value is -1.24. The van der Waals surface area contributed by atoms with Crippen molar-refractivity contribution in [2.45, 2.75) is 51.5 Å². The van der Waals surface area contributed by atoms with Crippen LogP contribution < -0.4 is 5.32 Å². The van der Waals surface area contributed by atoms with Crippen molar-refractivity contribution < 1.29 is 22.4 Å². The maximum absolute atomic E-state index is 13.6. The van der Waals surface area contributed by atoms with E-state index < -0.39 is 33.6 Å². The Labute approximate surface area is 138 Å². The molecule has 1 aromatic carbocycles. The maximum atomic E-state index is 13.6. The van der Waals surface area contributed by atoms with Gasteiger partial charge in [0.2, 0.25) is 5.91 Å². The number of carbonyl (C=O) groups is 1. The molecule has 0 aliphatic carbocycles. The van der Waals surface area contributed by atoms with Crippen LogP contribution in [0, 0.1) is 28.7 Å². The number of nitrogens with one attached hydrogen (secondary N) is 1. The van der Waals surface area contributed by atoms with E-state index in [2.05, 4.69) is 5.32 Å². The van der Waals surface area contributed by atoms with Gasteiger partial charge in [-0.05, 0) is 13.3 Å². The Morgan fingerprint density at radius 1 is 1.22 bits per heavy atom. The lowest BCUT2D eigenvalue weighted by molar-refractivity contribution is -0.128. The quantitative estimate of drug-likeness (QED) is 0.439. The van der Waals surface area contributed by atoms with Crippen molar-refractivity contribution in [3.63, 3.8) is 0 Å². The number of hydrogen-bond donors (Lipinski definition) is 1. The minimum Gasteiger partial charge on any atom is -0.353 e. The average Bonchev–Trinajstić information content (AvgIpc) is 2.45. The Morgan fingerprint density at radius 2 is 1.74 bits per heavy atom. The molecule has 130 valence electrons. The van der Waals surface area contributed by atoms with E-state index in [1.54, 1.807) is 13.8 Å². The van der Waals surface area contributed by atoms with E-state index in [1.165, 1.54) is 0 Å². The van der Waals surface area contributed by atoms with E-state index >= 15 is 0 Å². The summed E-state index contributed by atoms with van der Waals surface area (Å²) in [4.78, 5) is 11.5. The molecule has 1 unspecified atom stereocenters. The molecule has 0 spiro atoms. The lowest BCUT2D eigenvalue weighted by atomic mass is 9.94. The van der Waals surface area contributed by atoms with Crippen LogP contribution in [0.1, 0.15) is 40.5 Å². The summed E-state index contributed by atoms with van der Waals surface area (Å²) in [6, 6.07) is 0.149. The second-order valence-electron chi connectivity index (χ2n) is 6.13. The monoisotopic (exact) mass is 351 g/mol. The lowest BCUT2D eigenvalue weighted by Gasteiger charge is -2.25. The maximum Gasteiger partial charge on any atom is 0.226 e. The Morgan fingerprint density at radius 3 is 2.22 bits per heavy atom.